The van der Waals surface area contributed by atoms with Crippen molar-refractivity contribution in [2.24, 2.45) is 0 Å². The van der Waals surface area contributed by atoms with Crippen LogP contribution in [0.15, 0.2) is 28.4 Å². The van der Waals surface area contributed by atoms with Crippen LogP contribution in [-0.4, -0.2) is 9.97 Å². The van der Waals surface area contributed by atoms with Gasteiger partial charge < -0.3 is 4.98 Å². The van der Waals surface area contributed by atoms with Crippen LogP contribution in [0, 0.1) is 13.8 Å². The van der Waals surface area contributed by atoms with Gasteiger partial charge >= 0.3 is 0 Å². The average molecular weight is 305 g/mol. The molecule has 0 amide bonds. The topological polar surface area (TPSA) is 45.8 Å². The summed E-state index contributed by atoms with van der Waals surface area (Å²) in [4.78, 5) is 20.1. The molecule has 3 nitrogen and oxygen atoms in total. The van der Waals surface area contributed by atoms with Crippen LogP contribution in [0.2, 0.25) is 0 Å². The van der Waals surface area contributed by atoms with Gasteiger partial charge in [0.1, 0.15) is 10.7 Å². The van der Waals surface area contributed by atoms with E-state index in [9.17, 15) is 4.79 Å². The van der Waals surface area contributed by atoms with Crippen LogP contribution in [0.1, 0.15) is 17.0 Å². The Kier molecular flexibility index (Phi) is 3.36. The molecule has 2 aromatic heterocycles. The molecule has 2 heterocycles. The molecule has 20 heavy (non-hydrogen) atoms. The molecule has 0 bridgehead atoms. The molecule has 0 aliphatic heterocycles. The van der Waals surface area contributed by atoms with Crippen molar-refractivity contribution in [3.05, 3.63) is 50.9 Å². The van der Waals surface area contributed by atoms with Crippen LogP contribution in [0.25, 0.3) is 21.3 Å². The molecule has 0 aliphatic rings. The molecule has 3 aromatic rings. The van der Waals surface area contributed by atoms with Gasteiger partial charge in [-0.2, -0.15) is 0 Å². The predicted molar refractivity (Wildman–Crippen MR) is 84.7 cm³/mol. The Hall–Kier alpha value is -1.65. The minimum absolute atomic E-state index is 0.124. The molecule has 1 N–H and O–H groups in total. The first kappa shape index (κ1) is 13.3. The van der Waals surface area contributed by atoms with Crippen LogP contribution < -0.4 is 5.56 Å². The van der Waals surface area contributed by atoms with Crippen LogP contribution in [0.4, 0.5) is 0 Å². The zero-order valence-corrected chi connectivity index (χ0v) is 12.7. The van der Waals surface area contributed by atoms with Crippen molar-refractivity contribution in [3.63, 3.8) is 0 Å². The van der Waals surface area contributed by atoms with Gasteiger partial charge in [-0.3, -0.25) is 4.79 Å². The molecule has 102 valence electrons. The van der Waals surface area contributed by atoms with Gasteiger partial charge in [-0.1, -0.05) is 29.3 Å². The summed E-state index contributed by atoms with van der Waals surface area (Å²) in [6.45, 7) is 4.11. The summed E-state index contributed by atoms with van der Waals surface area (Å²) in [6.07, 6.45) is 0. The van der Waals surface area contributed by atoms with Crippen LogP contribution in [0.5, 0.6) is 0 Å². The third-order valence-corrected chi connectivity index (χ3v) is 4.28. The maximum atomic E-state index is 12.2. The lowest BCUT2D eigenvalue weighted by Crippen LogP contribution is -2.10. The van der Waals surface area contributed by atoms with Crippen molar-refractivity contribution in [3.8, 4) is 11.1 Å². The summed E-state index contributed by atoms with van der Waals surface area (Å²) in [6, 6.07) is 6.29. The van der Waals surface area contributed by atoms with E-state index >= 15 is 0 Å². The maximum Gasteiger partial charge on any atom is 0.260 e. The number of nitrogens with one attached hydrogen (secondary N) is 1. The number of thiophene rings is 1. The van der Waals surface area contributed by atoms with Gasteiger partial charge in [-0.05, 0) is 19.4 Å². The molecule has 0 radical (unpaired) electrons. The molecule has 0 spiro atoms. The zero-order valence-electron chi connectivity index (χ0n) is 11.2. The van der Waals surface area contributed by atoms with E-state index in [1.807, 2.05) is 5.38 Å². The van der Waals surface area contributed by atoms with Crippen LogP contribution in [-0.2, 0) is 5.88 Å². The van der Waals surface area contributed by atoms with Gasteiger partial charge in [0.25, 0.3) is 5.56 Å². The monoisotopic (exact) mass is 304 g/mol. The van der Waals surface area contributed by atoms with E-state index in [2.05, 4.69) is 42.0 Å². The first-order valence-corrected chi connectivity index (χ1v) is 7.65. The summed E-state index contributed by atoms with van der Waals surface area (Å²) < 4.78 is 0. The van der Waals surface area contributed by atoms with Gasteiger partial charge in [0.2, 0.25) is 0 Å². The van der Waals surface area contributed by atoms with Crippen LogP contribution in [0.3, 0.4) is 0 Å². The minimum Gasteiger partial charge on any atom is -0.309 e. The summed E-state index contributed by atoms with van der Waals surface area (Å²) in [5.41, 5.74) is 4.23. The maximum absolute atomic E-state index is 12.2. The number of H-pyrrole nitrogens is 1. The lowest BCUT2D eigenvalue weighted by atomic mass is 10.0. The molecule has 0 fully saturated rings. The van der Waals surface area contributed by atoms with Crippen molar-refractivity contribution in [2.75, 3.05) is 0 Å². The molecule has 1 aromatic carbocycles. The fourth-order valence-electron chi connectivity index (χ4n) is 2.40. The number of halogens is 1. The lowest BCUT2D eigenvalue weighted by Gasteiger charge is -2.04. The summed E-state index contributed by atoms with van der Waals surface area (Å²) in [7, 11) is 0. The van der Waals surface area contributed by atoms with Crippen molar-refractivity contribution in [2.45, 2.75) is 19.7 Å². The lowest BCUT2D eigenvalue weighted by molar-refractivity contribution is 1.04. The number of hydrogen-bond donors (Lipinski definition) is 1. The molecule has 5 heteroatoms. The number of benzene rings is 1. The number of aryl methyl sites for hydroxylation is 2. The van der Waals surface area contributed by atoms with Gasteiger partial charge in [0, 0.05) is 10.9 Å². The van der Waals surface area contributed by atoms with Crippen LogP contribution >= 0.6 is 22.9 Å². The van der Waals surface area contributed by atoms with E-state index in [0.717, 1.165) is 16.0 Å². The van der Waals surface area contributed by atoms with Gasteiger partial charge in [0.05, 0.1) is 11.3 Å². The first-order valence-electron chi connectivity index (χ1n) is 6.23. The number of alkyl halides is 1. The summed E-state index contributed by atoms with van der Waals surface area (Å²) >= 11 is 7.21. The molecule has 0 saturated heterocycles. The SMILES string of the molecule is Cc1cc(C)cc(-c2csc3nc(CCl)[nH]c(=O)c23)c1. The van der Waals surface area contributed by atoms with Gasteiger partial charge in [-0.15, -0.1) is 22.9 Å². The quantitative estimate of drug-likeness (QED) is 0.727. The highest BCUT2D eigenvalue weighted by molar-refractivity contribution is 7.17. The van der Waals surface area contributed by atoms with Gasteiger partial charge in [0.15, 0.2) is 0 Å². The van der Waals surface area contributed by atoms with E-state index in [-0.39, 0.29) is 11.4 Å². The molecule has 0 unspecified atom stereocenters. The fourth-order valence-corrected chi connectivity index (χ4v) is 3.49. The van der Waals surface area contributed by atoms with Crippen molar-refractivity contribution >= 4 is 33.2 Å². The highest BCUT2D eigenvalue weighted by atomic mass is 35.5. The Balaban J connectivity index is 2.30. The zero-order chi connectivity index (χ0) is 14.3. The average Bonchev–Trinajstić information content (AvgIpc) is 2.81. The predicted octanol–water partition coefficient (Wildman–Crippen LogP) is 4.01. The third-order valence-electron chi connectivity index (χ3n) is 3.15. The van der Waals surface area contributed by atoms with E-state index in [1.165, 1.54) is 22.5 Å². The number of fused-ring (bicyclic) bond motifs is 1. The molecule has 0 saturated carbocycles. The molecular weight excluding hydrogens is 292 g/mol. The van der Waals surface area contributed by atoms with Crippen molar-refractivity contribution in [1.82, 2.24) is 9.97 Å². The first-order chi connectivity index (χ1) is 9.58. The largest absolute Gasteiger partial charge is 0.309 e. The smallest absolute Gasteiger partial charge is 0.260 e. The van der Waals surface area contributed by atoms with Crippen molar-refractivity contribution < 1.29 is 0 Å². The highest BCUT2D eigenvalue weighted by Gasteiger charge is 2.13. The highest BCUT2D eigenvalue weighted by Crippen LogP contribution is 2.31. The number of aromatic nitrogens is 2. The standard InChI is InChI=1S/C15H13ClN2OS/c1-8-3-9(2)5-10(4-8)11-7-20-15-13(11)14(19)17-12(6-16)18-15/h3-5,7H,6H2,1-2H3,(H,17,18,19). The Labute approximate surface area is 125 Å². The number of hydrogen-bond acceptors (Lipinski definition) is 3. The fraction of sp³-hybridized carbons (Fsp3) is 0.200. The molecular formula is C15H13ClN2OS. The summed E-state index contributed by atoms with van der Waals surface area (Å²) in [5.74, 6) is 0.722. The second-order valence-corrected chi connectivity index (χ2v) is 5.98. The Morgan fingerprint density at radius 1 is 1.25 bits per heavy atom. The molecule has 0 aliphatic carbocycles. The summed E-state index contributed by atoms with van der Waals surface area (Å²) in [5, 5.41) is 2.63. The van der Waals surface area contributed by atoms with E-state index in [1.54, 1.807) is 0 Å². The number of rotatable bonds is 2. The van der Waals surface area contributed by atoms with Crippen molar-refractivity contribution in [1.29, 1.82) is 0 Å². The normalized spacial score (nSPS) is 11.2. The Morgan fingerprint density at radius 3 is 2.60 bits per heavy atom. The Morgan fingerprint density at radius 2 is 1.95 bits per heavy atom. The number of aromatic amines is 1. The second-order valence-electron chi connectivity index (χ2n) is 4.85. The molecule has 0 atom stereocenters. The Bertz CT molecular complexity index is 830. The van der Waals surface area contributed by atoms with Gasteiger partial charge in [-0.25, -0.2) is 4.98 Å². The molecule has 3 rings (SSSR count). The van der Waals surface area contributed by atoms with E-state index in [0.29, 0.717) is 11.2 Å². The van der Waals surface area contributed by atoms with E-state index in [4.69, 9.17) is 11.6 Å². The third kappa shape index (κ3) is 2.25. The minimum atomic E-state index is -0.124. The number of nitrogens with zero attached hydrogens (tertiary/aromatic N) is 1. The van der Waals surface area contributed by atoms with E-state index < -0.39 is 0 Å². The second kappa shape index (κ2) is 5.04.